The van der Waals surface area contributed by atoms with Crippen molar-refractivity contribution in [1.29, 1.82) is 0 Å². The molecule has 74 heavy (non-hydrogen) atoms. The number of carbonyl (C=O) groups is 5. The second-order valence-corrected chi connectivity index (χ2v) is 25.6. The molecule has 0 aromatic carbocycles. The zero-order valence-corrected chi connectivity index (χ0v) is 55.9. The Morgan fingerprint density at radius 3 is 0.784 bits per heavy atom. The predicted molar refractivity (Wildman–Crippen MR) is 324 cm³/mol. The third-order valence-corrected chi connectivity index (χ3v) is 10.2. The number of carbonyl (C=O) groups excluding carboxylic acids is 5. The molecule has 0 aliphatic carbocycles. The Hall–Kier alpha value is -1.81. The summed E-state index contributed by atoms with van der Waals surface area (Å²) in [6.07, 6.45) is 10.7. The highest BCUT2D eigenvalue weighted by molar-refractivity contribution is 6.00. The first-order valence-corrected chi connectivity index (χ1v) is 29.7. The molecule has 0 saturated heterocycles. The molecule has 0 aliphatic rings. The summed E-state index contributed by atoms with van der Waals surface area (Å²) < 4.78 is 20.7. The Kier molecular flexibility index (Phi) is 70.6. The molecule has 0 saturated carbocycles. The summed E-state index contributed by atoms with van der Waals surface area (Å²) in [4.78, 5) is 55.0. The first kappa shape index (κ1) is 88.8. The lowest BCUT2D eigenvalue weighted by atomic mass is 9.98. The zero-order valence-electron chi connectivity index (χ0n) is 55.9. The van der Waals surface area contributed by atoms with Crippen LogP contribution in [-0.4, -0.2) is 73.3 Å². The van der Waals surface area contributed by atoms with Crippen LogP contribution in [0.25, 0.3) is 0 Å². The Morgan fingerprint density at radius 1 is 0.284 bits per heavy atom. The van der Waals surface area contributed by atoms with Crippen molar-refractivity contribution in [3.8, 4) is 0 Å². The van der Waals surface area contributed by atoms with Gasteiger partial charge in [0.2, 0.25) is 0 Å². The first-order valence-electron chi connectivity index (χ1n) is 29.7. The molecule has 0 unspecified atom stereocenters. The summed E-state index contributed by atoms with van der Waals surface area (Å²) in [5.74, 6) is 6.93. The maximum Gasteiger partial charge on any atom is 0.160 e. The Morgan fingerprint density at radius 2 is 0.581 bits per heavy atom. The van der Waals surface area contributed by atoms with Gasteiger partial charge in [0.15, 0.2) is 5.78 Å². The van der Waals surface area contributed by atoms with E-state index in [9.17, 15) is 24.0 Å². The molecule has 0 heterocycles. The van der Waals surface area contributed by atoms with E-state index < -0.39 is 0 Å². The molecule has 0 amide bonds. The fourth-order valence-corrected chi connectivity index (χ4v) is 4.65. The molecule has 9 nitrogen and oxygen atoms in total. The summed E-state index contributed by atoms with van der Waals surface area (Å²) in [6, 6.07) is 0. The maximum atomic E-state index is 11.0. The van der Waals surface area contributed by atoms with Crippen LogP contribution in [0.2, 0.25) is 0 Å². The minimum atomic E-state index is -0.0160. The third-order valence-electron chi connectivity index (χ3n) is 10.2. The van der Waals surface area contributed by atoms with E-state index in [0.717, 1.165) is 49.5 Å². The van der Waals surface area contributed by atoms with E-state index in [-0.39, 0.29) is 78.3 Å². The monoisotopic (exact) mass is 1060 g/mol. The van der Waals surface area contributed by atoms with Crippen molar-refractivity contribution in [3.63, 3.8) is 0 Å². The van der Waals surface area contributed by atoms with Gasteiger partial charge in [0.1, 0.15) is 36.5 Å². The fraction of sp³-hybridized carbons (Fsp3) is 0.923. The summed E-state index contributed by atoms with van der Waals surface area (Å²) >= 11 is 0. The van der Waals surface area contributed by atoms with E-state index in [0.29, 0.717) is 42.2 Å². The van der Waals surface area contributed by atoms with Crippen LogP contribution in [0, 0.1) is 71.0 Å². The van der Waals surface area contributed by atoms with Gasteiger partial charge in [-0.3, -0.25) is 24.0 Å². The second-order valence-electron chi connectivity index (χ2n) is 25.6. The van der Waals surface area contributed by atoms with Crippen molar-refractivity contribution in [1.82, 2.24) is 0 Å². The molecule has 0 atom stereocenters. The molecular weight excluding hydrogens is 925 g/mol. The van der Waals surface area contributed by atoms with E-state index in [1.165, 1.54) is 32.1 Å². The van der Waals surface area contributed by atoms with Crippen molar-refractivity contribution < 1.29 is 42.9 Å². The number of hydrogen-bond acceptors (Lipinski definition) is 9. The van der Waals surface area contributed by atoms with Gasteiger partial charge in [-0.1, -0.05) is 198 Å². The smallest absolute Gasteiger partial charge is 0.160 e. The van der Waals surface area contributed by atoms with Crippen LogP contribution in [0.15, 0.2) is 0 Å². The topological polar surface area (TPSA) is 122 Å². The quantitative estimate of drug-likeness (QED) is 0.0532. The summed E-state index contributed by atoms with van der Waals surface area (Å²) in [7, 11) is 0. The van der Waals surface area contributed by atoms with Crippen LogP contribution >= 0.6 is 0 Å². The van der Waals surface area contributed by atoms with E-state index in [1.807, 2.05) is 111 Å². The first-order chi connectivity index (χ1) is 33.6. The van der Waals surface area contributed by atoms with Gasteiger partial charge < -0.3 is 18.9 Å². The van der Waals surface area contributed by atoms with E-state index >= 15 is 0 Å². The van der Waals surface area contributed by atoms with Gasteiger partial charge in [0.25, 0.3) is 0 Å². The molecule has 0 N–H and O–H groups in total. The van der Waals surface area contributed by atoms with Crippen LogP contribution < -0.4 is 0 Å². The second kappa shape index (κ2) is 58.9. The van der Waals surface area contributed by atoms with Gasteiger partial charge in [-0.15, -0.1) is 0 Å². The third kappa shape index (κ3) is 99.2. The minimum Gasteiger partial charge on any atom is -0.379 e. The highest BCUT2D eigenvalue weighted by Crippen LogP contribution is 2.12. The van der Waals surface area contributed by atoms with Crippen LogP contribution in [0.5, 0.6) is 0 Å². The lowest BCUT2D eigenvalue weighted by Crippen LogP contribution is -2.17. The molecule has 0 radical (unpaired) electrons. The molecular formula is C65H136O9. The average molecular weight is 1060 g/mol. The molecule has 0 bridgehead atoms. The molecule has 0 fully saturated rings. The zero-order chi connectivity index (χ0) is 60.4. The van der Waals surface area contributed by atoms with Crippen molar-refractivity contribution >= 4 is 28.9 Å². The Bertz CT molecular complexity index is 1110. The standard InChI is InChI=1S/C9H16O2.C9H18O.C9H20.C8H16O2.C8H16O.C8H18.C7H16O2.C7H16O/c1-6(2)8(10)5-9(11)7(3)4;1-7(2)5-6-9(10)8(3)4;1-8(2)6-5-7-9(3)4;1-6(2)8(9)5-10-7(3)4;1-6(2)5-8(9)7(3)4;1-7(2)5-6-8(3)4;1-6(2)8-5-9-7(3)4;1-6(2)5-8-7(3)4/h6-7H,5H2,1-4H3;7-8H,5-6H2,1-4H3;8-9H,5-7H2,1-4H3;6-7H,5H2,1-4H3;6-7H,5H2,1-4H3;7-8H,5-6H2,1-4H3;6-7H,5H2,1-4H3;6-7H,5H2,1-4H3. The normalized spacial score (nSPS) is 11.1. The highest BCUT2D eigenvalue weighted by atomic mass is 16.7. The van der Waals surface area contributed by atoms with E-state index in [2.05, 4.69) is 111 Å². The Labute approximate surface area is 464 Å². The molecule has 0 aliphatic heterocycles. The molecule has 9 heteroatoms. The number of hydrogen-bond donors (Lipinski definition) is 0. The van der Waals surface area contributed by atoms with Crippen LogP contribution in [0.4, 0.5) is 0 Å². The maximum absolute atomic E-state index is 11.0. The summed E-state index contributed by atoms with van der Waals surface area (Å²) in [6.45, 7) is 67.4. The van der Waals surface area contributed by atoms with Crippen LogP contribution in [-0.2, 0) is 42.9 Å². The average Bonchev–Trinajstić information content (AvgIpc) is 3.23. The molecule has 0 spiro atoms. The molecule has 0 rings (SSSR count). The highest BCUT2D eigenvalue weighted by Gasteiger charge is 2.15. The van der Waals surface area contributed by atoms with Crippen LogP contribution in [0.1, 0.15) is 279 Å². The minimum absolute atomic E-state index is 0.0160. The summed E-state index contributed by atoms with van der Waals surface area (Å²) in [5, 5.41) is 0. The van der Waals surface area contributed by atoms with Gasteiger partial charge in [-0.05, 0) is 103 Å². The number of ketones is 5. The van der Waals surface area contributed by atoms with Crippen molar-refractivity contribution in [2.75, 3.05) is 20.0 Å². The van der Waals surface area contributed by atoms with Crippen molar-refractivity contribution in [3.05, 3.63) is 0 Å². The van der Waals surface area contributed by atoms with E-state index in [4.69, 9.17) is 18.9 Å². The van der Waals surface area contributed by atoms with Crippen molar-refractivity contribution in [2.24, 2.45) is 71.0 Å². The van der Waals surface area contributed by atoms with Crippen molar-refractivity contribution in [2.45, 2.75) is 304 Å². The van der Waals surface area contributed by atoms with Gasteiger partial charge in [0, 0.05) is 49.0 Å². The van der Waals surface area contributed by atoms with E-state index in [1.54, 1.807) is 0 Å². The number of ether oxygens (including phenoxy) is 4. The molecule has 0 aromatic rings. The SMILES string of the molecule is CC(C)C(=O)CC(=O)C(C)C.CC(C)CC(=O)C(C)C.CC(C)CCC(=O)C(C)C.CC(C)CCC(C)C.CC(C)CCCC(C)C.CC(C)COC(C)C.CC(C)OCC(=O)C(C)C.CC(C)OCOC(C)C. The lowest BCUT2D eigenvalue weighted by Gasteiger charge is -2.09. The molecule has 450 valence electrons. The summed E-state index contributed by atoms with van der Waals surface area (Å²) in [5.41, 5.74) is 0. The number of rotatable bonds is 29. The lowest BCUT2D eigenvalue weighted by molar-refractivity contribution is -0.130. The molecule has 0 aromatic heterocycles. The van der Waals surface area contributed by atoms with Crippen LogP contribution in [0.3, 0.4) is 0 Å². The predicted octanol–water partition coefficient (Wildman–Crippen LogP) is 18.8. The fourth-order valence-electron chi connectivity index (χ4n) is 4.65. The van der Waals surface area contributed by atoms with Gasteiger partial charge >= 0.3 is 0 Å². The largest absolute Gasteiger partial charge is 0.379 e. The Balaban J connectivity index is -0.000000112. The number of Topliss-reactive ketones (excluding diaryl/α,β-unsaturated/α-hetero) is 5. The van der Waals surface area contributed by atoms with Gasteiger partial charge in [-0.2, -0.15) is 0 Å². The van der Waals surface area contributed by atoms with Gasteiger partial charge in [-0.25, -0.2) is 0 Å². The van der Waals surface area contributed by atoms with Gasteiger partial charge in [0.05, 0.1) is 30.8 Å².